The lowest BCUT2D eigenvalue weighted by Gasteiger charge is -2.50. The van der Waals surface area contributed by atoms with Crippen molar-refractivity contribution in [2.24, 2.45) is 34.7 Å². The molecule has 14 heteroatoms. The standard InChI is InChI=1S/C48H82N2O12/c1-17-35-22-37(51)30(6)41(61-38-24-46(10,56-15)43(54)33(9)60-38)32(8)44(62-45-40(52)36(50(13)14)21-29(5)59-45)47(11,57-16)23-28(4)39(31(7)42(53)48(35,12)55)49-58-25-34-19-18-26(2)20-27(34)3/h18-20,28-33,35-36,38,40-45,52-55H,17,21-25H2,1-16H3/b49-39+/t28-,29-,30+,31+,32+,33+,35+,36+,38+,40-,41-,42-,43+,44-,45+,46-,47-,48-/m1/s1. The minimum atomic E-state index is -1.70. The lowest BCUT2D eigenvalue weighted by molar-refractivity contribution is -0.318. The van der Waals surface area contributed by atoms with E-state index in [0.717, 1.165) is 16.7 Å². The van der Waals surface area contributed by atoms with Gasteiger partial charge in [-0.25, -0.2) is 0 Å². The minimum absolute atomic E-state index is 0.0533. The molecule has 2 saturated heterocycles. The van der Waals surface area contributed by atoms with Gasteiger partial charge in [-0.3, -0.25) is 4.79 Å². The molecule has 62 heavy (non-hydrogen) atoms. The molecule has 1 aromatic rings. The highest BCUT2D eigenvalue weighted by molar-refractivity contribution is 5.89. The molecule has 1 aromatic carbocycles. The second-order valence-corrected chi connectivity index (χ2v) is 19.9. The van der Waals surface area contributed by atoms with Crippen LogP contribution in [0.2, 0.25) is 0 Å². The van der Waals surface area contributed by atoms with Gasteiger partial charge in [-0.15, -0.1) is 0 Å². The maximum Gasteiger partial charge on any atom is 0.185 e. The van der Waals surface area contributed by atoms with Crippen LogP contribution in [-0.2, 0) is 44.7 Å². The number of methoxy groups -OCH3 is 2. The molecule has 3 aliphatic rings. The number of rotatable bonds is 11. The van der Waals surface area contributed by atoms with Crippen molar-refractivity contribution < 1.29 is 58.5 Å². The fourth-order valence-corrected chi connectivity index (χ4v) is 10.4. The summed E-state index contributed by atoms with van der Waals surface area (Å²) < 4.78 is 39.0. The first-order chi connectivity index (χ1) is 28.8. The number of carbonyl (C=O) groups excluding carboxylic acids is 1. The SMILES string of the molecule is CC[C@H]1CC(=O)[C@H](C)[C@@H](O[C@H]2C[C@@](C)(OC)[C@@H](O)[C@H](C)O2)[C@H](C)[C@@H](O[C@@H]2O[C@H](C)C[C@H](N(C)C)[C@H]2O)[C@](C)(OC)C[C@@H](C)/C(=N\OCc2ccc(C)cc2C)[C@H](C)[C@@H](O)[C@]1(C)O. The molecule has 0 amide bonds. The van der Waals surface area contributed by atoms with E-state index in [0.29, 0.717) is 18.6 Å². The Morgan fingerprint density at radius 1 is 0.887 bits per heavy atom. The van der Waals surface area contributed by atoms with E-state index in [4.69, 9.17) is 38.4 Å². The molecule has 14 nitrogen and oxygen atoms in total. The van der Waals surface area contributed by atoms with Crippen molar-refractivity contribution in [1.29, 1.82) is 0 Å². The lowest BCUT2D eigenvalue weighted by atomic mass is 9.69. The first kappa shape index (κ1) is 52.5. The van der Waals surface area contributed by atoms with Gasteiger partial charge in [0.25, 0.3) is 0 Å². The number of oxime groups is 1. The summed E-state index contributed by atoms with van der Waals surface area (Å²) in [6.07, 6.45) is -6.49. The van der Waals surface area contributed by atoms with Gasteiger partial charge in [-0.1, -0.05) is 70.0 Å². The average Bonchev–Trinajstić information content (AvgIpc) is 3.21. The second kappa shape index (κ2) is 21.5. The lowest BCUT2D eigenvalue weighted by Crippen LogP contribution is -2.61. The van der Waals surface area contributed by atoms with E-state index < -0.39 is 95.6 Å². The number of aryl methyl sites for hydroxylation is 2. The highest BCUT2D eigenvalue weighted by atomic mass is 16.7. The number of nitrogens with zero attached hydrogens (tertiary/aromatic N) is 2. The minimum Gasteiger partial charge on any atom is -0.391 e. The highest BCUT2D eigenvalue weighted by Crippen LogP contribution is 2.43. The fourth-order valence-electron chi connectivity index (χ4n) is 10.4. The first-order valence-electron chi connectivity index (χ1n) is 22.8. The van der Waals surface area contributed by atoms with Crippen molar-refractivity contribution in [3.05, 3.63) is 34.9 Å². The molecular weight excluding hydrogens is 797 g/mol. The first-order valence-corrected chi connectivity index (χ1v) is 22.8. The summed E-state index contributed by atoms with van der Waals surface area (Å²) in [7, 11) is 6.98. The van der Waals surface area contributed by atoms with Crippen LogP contribution in [0.1, 0.15) is 118 Å². The third-order valence-electron chi connectivity index (χ3n) is 14.8. The zero-order valence-electron chi connectivity index (χ0n) is 40.6. The van der Waals surface area contributed by atoms with Gasteiger partial charge in [-0.05, 0) is 92.4 Å². The van der Waals surface area contributed by atoms with Crippen molar-refractivity contribution in [3.63, 3.8) is 0 Å². The van der Waals surface area contributed by atoms with Crippen LogP contribution in [0.25, 0.3) is 0 Å². The van der Waals surface area contributed by atoms with E-state index in [9.17, 15) is 25.2 Å². The summed E-state index contributed by atoms with van der Waals surface area (Å²) in [5.74, 6) is -3.35. The molecule has 0 unspecified atom stereocenters. The van der Waals surface area contributed by atoms with Crippen molar-refractivity contribution in [2.75, 3.05) is 28.3 Å². The Balaban J connectivity index is 1.90. The Kier molecular flexibility index (Phi) is 18.2. The van der Waals surface area contributed by atoms with Crippen LogP contribution in [0.4, 0.5) is 0 Å². The van der Waals surface area contributed by atoms with Gasteiger partial charge in [0.1, 0.15) is 24.6 Å². The predicted octanol–water partition coefficient (Wildman–Crippen LogP) is 5.72. The van der Waals surface area contributed by atoms with Gasteiger partial charge in [0.2, 0.25) is 0 Å². The quantitative estimate of drug-likeness (QED) is 0.199. The summed E-state index contributed by atoms with van der Waals surface area (Å²) in [6.45, 7) is 22.8. The van der Waals surface area contributed by atoms with E-state index in [2.05, 4.69) is 6.07 Å². The molecule has 0 aromatic heterocycles. The van der Waals surface area contributed by atoms with Gasteiger partial charge >= 0.3 is 0 Å². The molecular formula is C48H82N2O12. The number of ether oxygens (including phenoxy) is 6. The van der Waals surface area contributed by atoms with Crippen LogP contribution in [0.5, 0.6) is 0 Å². The monoisotopic (exact) mass is 879 g/mol. The zero-order chi connectivity index (χ0) is 46.6. The van der Waals surface area contributed by atoms with Crippen LogP contribution in [0.3, 0.4) is 0 Å². The maximum atomic E-state index is 14.7. The molecule has 4 rings (SSSR count). The number of hydrogen-bond acceptors (Lipinski definition) is 14. The Morgan fingerprint density at radius 2 is 1.53 bits per heavy atom. The largest absolute Gasteiger partial charge is 0.391 e. The Morgan fingerprint density at radius 3 is 2.11 bits per heavy atom. The normalized spacial score (nSPS) is 43.7. The zero-order valence-corrected chi connectivity index (χ0v) is 40.6. The third-order valence-corrected chi connectivity index (χ3v) is 14.8. The summed E-state index contributed by atoms with van der Waals surface area (Å²) in [6, 6.07) is 5.86. The molecule has 0 radical (unpaired) electrons. The Bertz CT molecular complexity index is 1640. The molecule has 4 N–H and O–H groups in total. The van der Waals surface area contributed by atoms with Crippen molar-refractivity contribution in [2.45, 2.75) is 200 Å². The van der Waals surface area contributed by atoms with Crippen LogP contribution in [-0.4, -0.2) is 143 Å². The molecule has 1 saturated carbocycles. The van der Waals surface area contributed by atoms with Crippen LogP contribution in [0, 0.1) is 43.4 Å². The van der Waals surface area contributed by atoms with E-state index in [1.54, 1.807) is 28.1 Å². The number of Topliss-reactive ketones (excluding diaryl/α,β-unsaturated/α-hetero) is 1. The number of hydrogen-bond donors (Lipinski definition) is 4. The van der Waals surface area contributed by atoms with Crippen molar-refractivity contribution in [3.8, 4) is 0 Å². The Labute approximate surface area is 371 Å². The van der Waals surface area contributed by atoms with E-state index in [-0.39, 0.29) is 43.8 Å². The summed E-state index contributed by atoms with van der Waals surface area (Å²) in [5.41, 5.74) is -0.194. The van der Waals surface area contributed by atoms with Crippen molar-refractivity contribution >= 4 is 11.5 Å². The Hall–Kier alpha value is -2.08. The number of aliphatic hydroxyl groups is 4. The molecule has 0 bridgehead atoms. The molecule has 2 aliphatic heterocycles. The maximum absolute atomic E-state index is 14.7. The number of carbonyl (C=O) groups is 1. The number of likely N-dealkylation sites (N-methyl/N-ethyl adjacent to an activating group) is 1. The summed E-state index contributed by atoms with van der Waals surface area (Å²) in [5, 5.41) is 52.1. The smallest absolute Gasteiger partial charge is 0.185 e. The van der Waals surface area contributed by atoms with E-state index >= 15 is 0 Å². The van der Waals surface area contributed by atoms with Gasteiger partial charge in [0.05, 0.1) is 53.0 Å². The molecule has 0 spiro atoms. The summed E-state index contributed by atoms with van der Waals surface area (Å²) >= 11 is 0. The number of ketones is 1. The van der Waals surface area contributed by atoms with Gasteiger partial charge in [0, 0.05) is 56.8 Å². The number of aliphatic hydroxyl groups excluding tert-OH is 3. The predicted molar refractivity (Wildman–Crippen MR) is 237 cm³/mol. The van der Waals surface area contributed by atoms with Crippen LogP contribution in [0.15, 0.2) is 23.4 Å². The van der Waals surface area contributed by atoms with E-state index in [1.807, 2.05) is 100 Å². The number of benzene rings is 1. The fraction of sp³-hybridized carbons (Fsp3) is 0.833. The van der Waals surface area contributed by atoms with E-state index in [1.165, 1.54) is 0 Å². The molecule has 2 heterocycles. The molecule has 3 fully saturated rings. The highest BCUT2D eigenvalue weighted by Gasteiger charge is 2.53. The van der Waals surface area contributed by atoms with Crippen LogP contribution < -0.4 is 0 Å². The van der Waals surface area contributed by atoms with Gasteiger partial charge < -0.3 is 58.6 Å². The topological polar surface area (TPSA) is 178 Å². The van der Waals surface area contributed by atoms with Gasteiger partial charge in [-0.2, -0.15) is 0 Å². The van der Waals surface area contributed by atoms with Crippen LogP contribution >= 0.6 is 0 Å². The van der Waals surface area contributed by atoms with Gasteiger partial charge in [0.15, 0.2) is 12.6 Å². The molecule has 356 valence electrons. The average molecular weight is 879 g/mol. The molecule has 1 aliphatic carbocycles. The van der Waals surface area contributed by atoms with Crippen molar-refractivity contribution in [1.82, 2.24) is 4.90 Å². The second-order valence-electron chi connectivity index (χ2n) is 19.9. The third kappa shape index (κ3) is 11.6. The summed E-state index contributed by atoms with van der Waals surface area (Å²) in [4.78, 5) is 22.8. The molecule has 18 atom stereocenters.